The van der Waals surface area contributed by atoms with Crippen LogP contribution in [-0.4, -0.2) is 49.3 Å². The van der Waals surface area contributed by atoms with E-state index >= 15 is 0 Å². The van der Waals surface area contributed by atoms with Crippen molar-refractivity contribution in [2.75, 3.05) is 26.4 Å². The molecule has 10 heteroatoms. The lowest BCUT2D eigenvalue weighted by Gasteiger charge is -2.19. The van der Waals surface area contributed by atoms with Crippen molar-refractivity contribution < 1.29 is 37.6 Å². The minimum Gasteiger partial charge on any atom is -0.462 e. The van der Waals surface area contributed by atoms with Gasteiger partial charge in [0.15, 0.2) is 6.10 Å². The molecule has 84 heavy (non-hydrogen) atoms. The first-order valence-electron chi connectivity index (χ1n) is 37.0. The zero-order valence-corrected chi connectivity index (χ0v) is 56.8. The number of allylic oxidation sites excluding steroid dienone is 6. The fourth-order valence-electron chi connectivity index (χ4n) is 11.3. The lowest BCUT2D eigenvalue weighted by molar-refractivity contribution is -0.161. The van der Waals surface area contributed by atoms with Crippen LogP contribution >= 0.6 is 7.82 Å². The molecule has 0 aromatic carbocycles. The molecule has 0 fully saturated rings. The summed E-state index contributed by atoms with van der Waals surface area (Å²) in [6.07, 6.45) is 88.4. The lowest BCUT2D eigenvalue weighted by atomic mass is 10.0. The third kappa shape index (κ3) is 69.3. The molecule has 0 amide bonds. The number of esters is 2. The topological polar surface area (TPSA) is 134 Å². The maximum absolute atomic E-state index is 12.8. The van der Waals surface area contributed by atoms with Crippen molar-refractivity contribution in [1.82, 2.24) is 0 Å². The maximum atomic E-state index is 12.8. The second-order valence-electron chi connectivity index (χ2n) is 25.2. The van der Waals surface area contributed by atoms with Crippen LogP contribution in [0.4, 0.5) is 0 Å². The molecular formula is C74H142NO8P. The maximum Gasteiger partial charge on any atom is 0.472 e. The third-order valence-corrected chi connectivity index (χ3v) is 17.8. The van der Waals surface area contributed by atoms with Crippen LogP contribution in [0.2, 0.25) is 0 Å². The van der Waals surface area contributed by atoms with Crippen molar-refractivity contribution in [3.63, 3.8) is 0 Å². The van der Waals surface area contributed by atoms with Gasteiger partial charge in [-0.05, 0) is 51.4 Å². The highest BCUT2D eigenvalue weighted by molar-refractivity contribution is 7.47. The molecule has 2 atom stereocenters. The second kappa shape index (κ2) is 70.3. The van der Waals surface area contributed by atoms with Crippen LogP contribution in [0, 0.1) is 0 Å². The fraction of sp³-hybridized carbons (Fsp3) is 0.892. The summed E-state index contributed by atoms with van der Waals surface area (Å²) < 4.78 is 33.2. The number of phosphoric ester groups is 1. The molecular weight excluding hydrogens is 1060 g/mol. The first kappa shape index (κ1) is 82.2. The summed E-state index contributed by atoms with van der Waals surface area (Å²) in [5.41, 5.74) is 5.40. The van der Waals surface area contributed by atoms with Gasteiger partial charge in [0, 0.05) is 19.4 Å². The summed E-state index contributed by atoms with van der Waals surface area (Å²) in [4.78, 5) is 35.4. The highest BCUT2D eigenvalue weighted by Crippen LogP contribution is 2.43. The Morgan fingerprint density at radius 3 is 0.917 bits per heavy atom. The molecule has 0 saturated heterocycles. The Morgan fingerprint density at radius 1 is 0.357 bits per heavy atom. The highest BCUT2D eigenvalue weighted by atomic mass is 31.2. The van der Waals surface area contributed by atoms with Crippen molar-refractivity contribution in [3.8, 4) is 0 Å². The number of phosphoric acid groups is 1. The van der Waals surface area contributed by atoms with E-state index in [1.165, 1.54) is 308 Å². The molecule has 0 radical (unpaired) electrons. The quantitative estimate of drug-likeness (QED) is 0.0264. The van der Waals surface area contributed by atoms with Gasteiger partial charge in [-0.2, -0.15) is 0 Å². The first-order chi connectivity index (χ1) is 41.3. The van der Waals surface area contributed by atoms with Crippen molar-refractivity contribution >= 4 is 19.8 Å². The van der Waals surface area contributed by atoms with Crippen LogP contribution in [0.1, 0.15) is 393 Å². The van der Waals surface area contributed by atoms with Gasteiger partial charge in [-0.15, -0.1) is 0 Å². The van der Waals surface area contributed by atoms with E-state index in [0.717, 1.165) is 51.4 Å². The van der Waals surface area contributed by atoms with Gasteiger partial charge in [0.2, 0.25) is 0 Å². The average molecular weight is 1200 g/mol. The Labute approximate surface area is 522 Å². The smallest absolute Gasteiger partial charge is 0.462 e. The van der Waals surface area contributed by atoms with Gasteiger partial charge in [-0.1, -0.05) is 365 Å². The number of hydrogen-bond donors (Lipinski definition) is 2. The molecule has 0 rings (SSSR count). The zero-order chi connectivity index (χ0) is 60.9. The molecule has 0 aliphatic heterocycles. The summed E-state index contributed by atoms with van der Waals surface area (Å²) in [6.45, 7) is 3.80. The molecule has 0 spiro atoms. The van der Waals surface area contributed by atoms with Crippen LogP contribution in [0.5, 0.6) is 0 Å². The Hall–Kier alpha value is -1.77. The van der Waals surface area contributed by atoms with Crippen LogP contribution in [0.25, 0.3) is 0 Å². The van der Waals surface area contributed by atoms with E-state index in [1.54, 1.807) is 0 Å². The first-order valence-corrected chi connectivity index (χ1v) is 38.5. The second-order valence-corrected chi connectivity index (χ2v) is 26.6. The molecule has 0 aromatic rings. The number of unbranched alkanes of at least 4 members (excludes halogenated alkanes) is 52. The molecule has 0 aromatic heterocycles. The van der Waals surface area contributed by atoms with Gasteiger partial charge in [0.1, 0.15) is 6.61 Å². The monoisotopic (exact) mass is 1200 g/mol. The molecule has 0 aliphatic carbocycles. The number of hydrogen-bond acceptors (Lipinski definition) is 8. The molecule has 496 valence electrons. The number of rotatable bonds is 71. The van der Waals surface area contributed by atoms with E-state index < -0.39 is 26.5 Å². The number of nitrogens with two attached hydrogens (primary N) is 1. The van der Waals surface area contributed by atoms with Crippen LogP contribution in [0.15, 0.2) is 36.5 Å². The molecule has 3 N–H and O–H groups in total. The van der Waals surface area contributed by atoms with Crippen molar-refractivity contribution in [2.24, 2.45) is 5.73 Å². The summed E-state index contributed by atoms with van der Waals surface area (Å²) in [7, 11) is -4.39. The van der Waals surface area contributed by atoms with Gasteiger partial charge in [-0.3, -0.25) is 18.6 Å². The van der Waals surface area contributed by atoms with E-state index in [0.29, 0.717) is 6.42 Å². The molecule has 9 nitrogen and oxygen atoms in total. The van der Waals surface area contributed by atoms with Crippen LogP contribution in [0.3, 0.4) is 0 Å². The average Bonchev–Trinajstić information content (AvgIpc) is 3.55. The lowest BCUT2D eigenvalue weighted by Crippen LogP contribution is -2.29. The molecule has 0 heterocycles. The van der Waals surface area contributed by atoms with E-state index in [4.69, 9.17) is 24.3 Å². The van der Waals surface area contributed by atoms with Gasteiger partial charge >= 0.3 is 19.8 Å². The van der Waals surface area contributed by atoms with Crippen LogP contribution < -0.4 is 5.73 Å². The molecule has 0 aliphatic rings. The van der Waals surface area contributed by atoms with E-state index in [9.17, 15) is 19.0 Å². The Kier molecular flexibility index (Phi) is 68.8. The molecule has 2 unspecified atom stereocenters. The number of carbonyl (C=O) groups is 2. The summed E-state index contributed by atoms with van der Waals surface area (Å²) >= 11 is 0. The fourth-order valence-corrected chi connectivity index (χ4v) is 12.1. The molecule has 0 bridgehead atoms. The SMILES string of the molecule is CCCCCCC/C=C\C/C=C\C/C=C\CCCCCCCCCCCCC(=O)OC(COC(=O)CCCCCCCCCCCCCCCCCCCCCCCCCCCCCCCCCCCCCCCC)COP(=O)(O)OCCN. The Balaban J connectivity index is 3.77. The number of ether oxygens (including phenoxy) is 2. The van der Waals surface area contributed by atoms with E-state index in [2.05, 4.69) is 50.3 Å². The predicted molar refractivity (Wildman–Crippen MR) is 363 cm³/mol. The minimum absolute atomic E-state index is 0.0541. The van der Waals surface area contributed by atoms with Crippen molar-refractivity contribution in [2.45, 2.75) is 399 Å². The Bertz CT molecular complexity index is 1470. The molecule has 0 saturated carbocycles. The standard InChI is InChI=1S/C74H142NO8P/c1-3-5-7-9-11-13-15-17-19-21-23-25-27-29-30-31-32-33-34-35-36-37-38-39-40-41-43-44-46-48-50-52-54-56-58-60-62-64-66-73(76)80-70-72(71-82-84(78,79)81-69-68-75)83-74(77)67-65-63-61-59-57-55-53-51-49-47-45-42-28-26-24-22-20-18-16-14-12-10-8-6-4-2/h16,18,22,24,28,42,72H,3-15,17,19-21,23,25-27,29-41,43-71,75H2,1-2H3,(H,78,79)/b18-16-,24-22-,42-28-. The van der Waals surface area contributed by atoms with E-state index in [-0.39, 0.29) is 38.6 Å². The predicted octanol–water partition coefficient (Wildman–Crippen LogP) is 24.3. The zero-order valence-electron chi connectivity index (χ0n) is 55.9. The van der Waals surface area contributed by atoms with Crippen molar-refractivity contribution in [3.05, 3.63) is 36.5 Å². The summed E-state index contributed by atoms with van der Waals surface area (Å²) in [6, 6.07) is 0. The van der Waals surface area contributed by atoms with Gasteiger partial charge in [0.05, 0.1) is 13.2 Å². The largest absolute Gasteiger partial charge is 0.472 e. The normalized spacial score (nSPS) is 13.0. The Morgan fingerprint density at radius 2 is 0.619 bits per heavy atom. The minimum atomic E-state index is -4.39. The van der Waals surface area contributed by atoms with Crippen molar-refractivity contribution in [1.29, 1.82) is 0 Å². The van der Waals surface area contributed by atoms with Gasteiger partial charge in [-0.25, -0.2) is 4.57 Å². The van der Waals surface area contributed by atoms with Gasteiger partial charge in [0.25, 0.3) is 0 Å². The summed E-state index contributed by atoms with van der Waals surface area (Å²) in [5, 5.41) is 0. The summed E-state index contributed by atoms with van der Waals surface area (Å²) in [5.74, 6) is -0.812. The van der Waals surface area contributed by atoms with E-state index in [1.807, 2.05) is 0 Å². The third-order valence-electron chi connectivity index (χ3n) is 16.8. The van der Waals surface area contributed by atoms with Crippen LogP contribution in [-0.2, 0) is 32.7 Å². The van der Waals surface area contributed by atoms with Gasteiger partial charge < -0.3 is 20.1 Å². The highest BCUT2D eigenvalue weighted by Gasteiger charge is 2.26. The number of carbonyl (C=O) groups excluding carboxylic acids is 2.